The van der Waals surface area contributed by atoms with Crippen molar-refractivity contribution in [3.63, 3.8) is 0 Å². The van der Waals surface area contributed by atoms with Crippen molar-refractivity contribution in [1.82, 2.24) is 0 Å². The summed E-state index contributed by atoms with van der Waals surface area (Å²) in [6.45, 7) is -0.234. The highest BCUT2D eigenvalue weighted by Crippen LogP contribution is 2.21. The summed E-state index contributed by atoms with van der Waals surface area (Å²) in [5.41, 5.74) is 0.0575. The summed E-state index contributed by atoms with van der Waals surface area (Å²) < 4.78 is 31.6. The number of benzene rings is 2. The third-order valence-electron chi connectivity index (χ3n) is 2.81. The Kier molecular flexibility index (Phi) is 4.30. The summed E-state index contributed by atoms with van der Waals surface area (Å²) in [6, 6.07) is 10.8. The molecule has 0 aliphatic heterocycles. The molecule has 0 saturated carbocycles. The van der Waals surface area contributed by atoms with Crippen LogP contribution in [0.15, 0.2) is 48.5 Å². The molecule has 1 N–H and O–H groups in total. The van der Waals surface area contributed by atoms with Crippen molar-refractivity contribution in [3.05, 3.63) is 65.7 Å². The molecule has 0 radical (unpaired) electrons. The van der Waals surface area contributed by atoms with Crippen molar-refractivity contribution in [3.8, 4) is 5.75 Å². The minimum absolute atomic E-state index is 0.0575. The summed E-state index contributed by atoms with van der Waals surface area (Å²) in [7, 11) is 0. The van der Waals surface area contributed by atoms with E-state index in [1.807, 2.05) is 0 Å². The Morgan fingerprint density at radius 1 is 1.10 bits per heavy atom. The first-order valence-corrected chi connectivity index (χ1v) is 5.93. The van der Waals surface area contributed by atoms with Crippen LogP contribution < -0.4 is 4.74 Å². The molecule has 1 atom stereocenters. The Hall–Kier alpha value is -2.43. The topological polar surface area (TPSA) is 46.5 Å². The van der Waals surface area contributed by atoms with E-state index in [1.54, 1.807) is 6.07 Å². The van der Waals surface area contributed by atoms with Crippen molar-refractivity contribution < 1.29 is 23.4 Å². The van der Waals surface area contributed by atoms with Gasteiger partial charge in [0.15, 0.2) is 0 Å². The van der Waals surface area contributed by atoms with Gasteiger partial charge in [0.25, 0.3) is 0 Å². The lowest BCUT2D eigenvalue weighted by Gasteiger charge is -2.14. The van der Waals surface area contributed by atoms with Gasteiger partial charge in [-0.1, -0.05) is 18.2 Å². The van der Waals surface area contributed by atoms with Gasteiger partial charge < -0.3 is 9.84 Å². The van der Waals surface area contributed by atoms with Gasteiger partial charge in [-0.2, -0.15) is 0 Å². The molecule has 0 saturated heterocycles. The molecular weight excluding hydrogens is 266 g/mol. The van der Waals surface area contributed by atoms with E-state index >= 15 is 0 Å². The number of aliphatic carboxylic acids is 1. The first kappa shape index (κ1) is 14.0. The van der Waals surface area contributed by atoms with Crippen LogP contribution in [0.3, 0.4) is 0 Å². The predicted molar refractivity (Wildman–Crippen MR) is 68.7 cm³/mol. The number of hydrogen-bond donors (Lipinski definition) is 1. The molecule has 0 fully saturated rings. The third kappa shape index (κ3) is 3.32. The molecule has 0 aliphatic carbocycles. The molecule has 0 aromatic heterocycles. The summed E-state index contributed by atoms with van der Waals surface area (Å²) in [5, 5.41) is 9.17. The Bertz CT molecular complexity index is 596. The summed E-state index contributed by atoms with van der Waals surface area (Å²) >= 11 is 0. The van der Waals surface area contributed by atoms with Gasteiger partial charge in [0.05, 0.1) is 0 Å². The highest BCUT2D eigenvalue weighted by atomic mass is 19.1. The average Bonchev–Trinajstić information content (AvgIpc) is 2.42. The highest BCUT2D eigenvalue weighted by molar-refractivity contribution is 5.76. The number of hydrogen-bond acceptors (Lipinski definition) is 2. The van der Waals surface area contributed by atoms with Crippen LogP contribution in [0.4, 0.5) is 8.78 Å². The van der Waals surface area contributed by atoms with E-state index in [0.29, 0.717) is 5.75 Å². The lowest BCUT2D eigenvalue weighted by atomic mass is 10.00. The second-order valence-corrected chi connectivity index (χ2v) is 4.18. The number of ether oxygens (including phenoxy) is 1. The zero-order valence-electron chi connectivity index (χ0n) is 10.4. The number of halogens is 2. The molecule has 0 spiro atoms. The molecule has 0 bridgehead atoms. The molecule has 2 aromatic carbocycles. The van der Waals surface area contributed by atoms with Crippen molar-refractivity contribution in [2.45, 2.75) is 5.92 Å². The van der Waals surface area contributed by atoms with Gasteiger partial charge in [-0.15, -0.1) is 0 Å². The lowest BCUT2D eigenvalue weighted by Crippen LogP contribution is -2.20. The predicted octanol–water partition coefficient (Wildman–Crippen LogP) is 3.21. The Morgan fingerprint density at radius 2 is 1.75 bits per heavy atom. The van der Waals surface area contributed by atoms with Crippen LogP contribution in [-0.4, -0.2) is 17.7 Å². The van der Waals surface area contributed by atoms with Crippen LogP contribution in [0.1, 0.15) is 11.5 Å². The molecule has 0 aliphatic rings. The van der Waals surface area contributed by atoms with Crippen LogP contribution in [0.25, 0.3) is 0 Å². The summed E-state index contributed by atoms with van der Waals surface area (Å²) in [6.07, 6.45) is 0. The zero-order valence-corrected chi connectivity index (χ0v) is 10.4. The molecular formula is C15H12F2O3. The highest BCUT2D eigenvalue weighted by Gasteiger charge is 2.23. The van der Waals surface area contributed by atoms with Crippen LogP contribution >= 0.6 is 0 Å². The van der Waals surface area contributed by atoms with Gasteiger partial charge in [-0.25, -0.2) is 8.78 Å². The Morgan fingerprint density at radius 3 is 2.35 bits per heavy atom. The van der Waals surface area contributed by atoms with Gasteiger partial charge in [0.2, 0.25) is 0 Å². The van der Waals surface area contributed by atoms with Gasteiger partial charge in [-0.3, -0.25) is 4.79 Å². The van der Waals surface area contributed by atoms with Gasteiger partial charge in [0, 0.05) is 5.56 Å². The molecule has 0 heterocycles. The summed E-state index contributed by atoms with van der Waals surface area (Å²) in [4.78, 5) is 11.2. The van der Waals surface area contributed by atoms with Crippen LogP contribution in [0.5, 0.6) is 5.75 Å². The van der Waals surface area contributed by atoms with Gasteiger partial charge >= 0.3 is 5.97 Å². The first-order chi connectivity index (χ1) is 9.58. The van der Waals surface area contributed by atoms with E-state index in [4.69, 9.17) is 9.84 Å². The van der Waals surface area contributed by atoms with Crippen LogP contribution in [-0.2, 0) is 4.79 Å². The molecule has 5 heteroatoms. The molecule has 0 amide bonds. The largest absolute Gasteiger partial charge is 0.492 e. The molecule has 2 aromatic rings. The molecule has 3 nitrogen and oxygen atoms in total. The zero-order chi connectivity index (χ0) is 14.5. The van der Waals surface area contributed by atoms with Gasteiger partial charge in [0.1, 0.15) is 29.9 Å². The number of carboxylic acid groups (broad SMARTS) is 1. The quantitative estimate of drug-likeness (QED) is 0.913. The smallest absolute Gasteiger partial charge is 0.314 e. The van der Waals surface area contributed by atoms with E-state index in [1.165, 1.54) is 42.5 Å². The molecule has 104 valence electrons. The maximum Gasteiger partial charge on any atom is 0.314 e. The lowest BCUT2D eigenvalue weighted by molar-refractivity contribution is -0.139. The van der Waals surface area contributed by atoms with Crippen molar-refractivity contribution >= 4 is 5.97 Å². The van der Waals surface area contributed by atoms with E-state index < -0.39 is 23.5 Å². The maximum atomic E-state index is 13.6. The standard InChI is InChI=1S/C15H12F2O3/c16-10-5-7-11(8-6-10)20-9-13(15(18)19)12-3-1-2-4-14(12)17/h1-8,13H,9H2,(H,18,19). The molecule has 20 heavy (non-hydrogen) atoms. The first-order valence-electron chi connectivity index (χ1n) is 5.93. The van der Waals surface area contributed by atoms with Crippen molar-refractivity contribution in [2.75, 3.05) is 6.61 Å². The normalized spacial score (nSPS) is 11.9. The number of rotatable bonds is 5. The second-order valence-electron chi connectivity index (χ2n) is 4.18. The fourth-order valence-electron chi connectivity index (χ4n) is 1.76. The van der Waals surface area contributed by atoms with Crippen molar-refractivity contribution in [1.29, 1.82) is 0 Å². The van der Waals surface area contributed by atoms with E-state index in [0.717, 1.165) is 0 Å². The van der Waals surface area contributed by atoms with Crippen molar-refractivity contribution in [2.24, 2.45) is 0 Å². The maximum absolute atomic E-state index is 13.6. The monoisotopic (exact) mass is 278 g/mol. The summed E-state index contributed by atoms with van der Waals surface area (Å²) in [5.74, 6) is -2.99. The third-order valence-corrected chi connectivity index (χ3v) is 2.81. The number of carbonyl (C=O) groups is 1. The van der Waals surface area contributed by atoms with E-state index in [9.17, 15) is 13.6 Å². The minimum Gasteiger partial charge on any atom is -0.492 e. The Balaban J connectivity index is 2.13. The fourth-order valence-corrected chi connectivity index (χ4v) is 1.76. The number of carboxylic acids is 1. The van der Waals surface area contributed by atoms with Crippen LogP contribution in [0.2, 0.25) is 0 Å². The SMILES string of the molecule is O=C(O)C(COc1ccc(F)cc1)c1ccccc1F. The molecule has 1 unspecified atom stereocenters. The molecule has 2 rings (SSSR count). The minimum atomic E-state index is -1.18. The Labute approximate surface area is 114 Å². The van der Waals surface area contributed by atoms with Gasteiger partial charge in [-0.05, 0) is 30.3 Å². The van der Waals surface area contributed by atoms with E-state index in [2.05, 4.69) is 0 Å². The fraction of sp³-hybridized carbons (Fsp3) is 0.133. The van der Waals surface area contributed by atoms with E-state index in [-0.39, 0.29) is 12.2 Å². The second kappa shape index (κ2) is 6.14. The van der Waals surface area contributed by atoms with Crippen LogP contribution in [0, 0.1) is 11.6 Å². The average molecular weight is 278 g/mol.